The lowest BCUT2D eigenvalue weighted by Crippen LogP contribution is -2.48. The third kappa shape index (κ3) is 10.1. The molecule has 0 bridgehead atoms. The number of nitrogens with one attached hydrogen (secondary N) is 5. The predicted molar refractivity (Wildman–Crippen MR) is 258 cm³/mol. The van der Waals surface area contributed by atoms with Crippen molar-refractivity contribution in [1.82, 2.24) is 39.8 Å². The minimum Gasteiger partial charge on any atom is -0.393 e. The molecule has 18 heteroatoms. The number of rotatable bonds is 11. The van der Waals surface area contributed by atoms with E-state index in [0.717, 1.165) is 61.8 Å². The van der Waals surface area contributed by atoms with Crippen LogP contribution in [0.5, 0.6) is 0 Å². The molecule has 16 nitrogen and oxygen atoms in total. The summed E-state index contributed by atoms with van der Waals surface area (Å²) in [6.07, 6.45) is 4.75. The van der Waals surface area contributed by atoms with Crippen LogP contribution in [-0.4, -0.2) is 130 Å². The van der Waals surface area contributed by atoms with Crippen molar-refractivity contribution < 1.29 is 28.3 Å². The predicted octanol–water partition coefficient (Wildman–Crippen LogP) is 4.23. The third-order valence-corrected chi connectivity index (χ3v) is 14.4. The first-order chi connectivity index (χ1) is 32.8. The van der Waals surface area contributed by atoms with E-state index in [1.165, 1.54) is 19.2 Å². The van der Waals surface area contributed by atoms with Crippen molar-refractivity contribution in [3.8, 4) is 11.8 Å². The normalized spacial score (nSPS) is 21.1. The lowest BCUT2D eigenvalue weighted by molar-refractivity contribution is -0.132. The number of amidine groups is 1. The van der Waals surface area contributed by atoms with Gasteiger partial charge in [-0.25, -0.2) is 13.6 Å². The lowest BCUT2D eigenvalue weighted by atomic mass is 9.91. The van der Waals surface area contributed by atoms with Crippen LogP contribution in [0, 0.1) is 28.6 Å². The molecule has 1 aromatic heterocycles. The molecule has 0 spiro atoms. The average Bonchev–Trinajstić information content (AvgIpc) is 3.59. The zero-order chi connectivity index (χ0) is 48.2. The molecule has 0 saturated carbocycles. The van der Waals surface area contributed by atoms with Crippen molar-refractivity contribution in [2.24, 2.45) is 13.0 Å². The minimum atomic E-state index is -2.79. The molecule has 3 saturated heterocycles. The van der Waals surface area contributed by atoms with Gasteiger partial charge in [0.05, 0.1) is 29.2 Å². The first-order valence-corrected chi connectivity index (χ1v) is 23.9. The number of aliphatic hydroxyl groups is 1. The molecule has 8 rings (SSSR count). The summed E-state index contributed by atoms with van der Waals surface area (Å²) in [7, 11) is 3.36. The molecule has 0 aliphatic carbocycles. The van der Waals surface area contributed by atoms with E-state index in [9.17, 15) is 38.5 Å². The number of hydrogen-bond donors (Lipinski definition) is 6. The largest absolute Gasteiger partial charge is 0.393 e. The Labute approximate surface area is 395 Å². The number of anilines is 1. The van der Waals surface area contributed by atoms with Gasteiger partial charge < -0.3 is 46.1 Å². The number of para-hydroxylation sites is 1. The van der Waals surface area contributed by atoms with Crippen LogP contribution in [-0.2, 0) is 27.9 Å². The van der Waals surface area contributed by atoms with E-state index in [2.05, 4.69) is 32.7 Å². The number of halogens is 2. The van der Waals surface area contributed by atoms with Gasteiger partial charge in [-0.15, -0.1) is 0 Å². The molecule has 5 aliphatic rings. The number of benzene rings is 2. The third-order valence-electron chi connectivity index (χ3n) is 14.4. The minimum absolute atomic E-state index is 0.0619. The number of aryl methyl sites for hydroxylation is 2. The second kappa shape index (κ2) is 20.9. The fourth-order valence-electron chi connectivity index (χ4n) is 10.5. The molecule has 0 radical (unpaired) electrons. The van der Waals surface area contributed by atoms with Gasteiger partial charge in [-0.05, 0) is 93.4 Å². The molecule has 6 heterocycles. The Hall–Kier alpha value is -6.32. The highest BCUT2D eigenvalue weighted by atomic mass is 19.3. The van der Waals surface area contributed by atoms with E-state index in [4.69, 9.17) is 5.41 Å². The number of aromatic nitrogens is 2. The van der Waals surface area contributed by atoms with Crippen molar-refractivity contribution in [1.29, 1.82) is 10.8 Å². The van der Waals surface area contributed by atoms with Crippen molar-refractivity contribution in [2.75, 3.05) is 64.3 Å². The van der Waals surface area contributed by atoms with Gasteiger partial charge >= 0.3 is 5.69 Å². The Morgan fingerprint density at radius 3 is 2.46 bits per heavy atom. The van der Waals surface area contributed by atoms with Crippen molar-refractivity contribution in [2.45, 2.75) is 95.9 Å². The summed E-state index contributed by atoms with van der Waals surface area (Å²) in [4.78, 5) is 59.1. The van der Waals surface area contributed by atoms with Crippen LogP contribution in [0.25, 0.3) is 16.6 Å². The SMILES string of the molecule is CN/C=C(\C=N)c1cc2c(cc1C(F)F)N(C(=N)C1=C(NC3CCN(C(=O)CCN4CCC(C#Cc5cccc6c5n(C)c(=O)n6C5CCC(=O)NC5O)CC4)CC3)CCN(C(C)=O)C1)CCC2. The van der Waals surface area contributed by atoms with E-state index in [-0.39, 0.29) is 59.7 Å². The molecule has 3 amide bonds. The Kier molecular flexibility index (Phi) is 14.8. The van der Waals surface area contributed by atoms with Gasteiger partial charge in [-0.2, -0.15) is 0 Å². The highest BCUT2D eigenvalue weighted by Gasteiger charge is 2.34. The Morgan fingerprint density at radius 1 is 1.00 bits per heavy atom. The maximum atomic E-state index is 14.6. The quantitative estimate of drug-likeness (QED) is 0.0928. The fourth-order valence-corrected chi connectivity index (χ4v) is 10.5. The average molecular weight is 936 g/mol. The number of likely N-dealkylation sites (tertiary alicyclic amines) is 2. The van der Waals surface area contributed by atoms with E-state index >= 15 is 0 Å². The zero-order valence-corrected chi connectivity index (χ0v) is 39.2. The number of aliphatic hydroxyl groups excluding tert-OH is 1. The molecule has 5 aliphatic heterocycles. The van der Waals surface area contributed by atoms with Crippen molar-refractivity contribution >= 4 is 52.1 Å². The summed E-state index contributed by atoms with van der Waals surface area (Å²) in [6, 6.07) is 8.29. The van der Waals surface area contributed by atoms with E-state index in [1.807, 2.05) is 23.1 Å². The first kappa shape index (κ1) is 48.1. The Morgan fingerprint density at radius 2 is 1.76 bits per heavy atom. The zero-order valence-electron chi connectivity index (χ0n) is 39.2. The molecule has 2 atom stereocenters. The Balaban J connectivity index is 0.855. The number of hydrogen-bond acceptors (Lipinski definition) is 10. The van der Waals surface area contributed by atoms with Crippen LogP contribution in [0.4, 0.5) is 14.5 Å². The molecule has 3 fully saturated rings. The highest BCUT2D eigenvalue weighted by molar-refractivity contribution is 6.11. The summed E-state index contributed by atoms with van der Waals surface area (Å²) < 4.78 is 32.3. The summed E-state index contributed by atoms with van der Waals surface area (Å²) in [5.41, 5.74) is 5.19. The second-order valence-electron chi connectivity index (χ2n) is 18.6. The summed E-state index contributed by atoms with van der Waals surface area (Å²) >= 11 is 0. The standard InChI is InChI=1S/C50H63F2N11O5/c1-31(64)61-25-17-40(39(30-61)48(54)62-19-5-7-34-26-37(35(28-53)29-55-2)38(47(51)52)27-43(34)62)56-36-15-23-60(24-16-36)45(66)18-22-59-20-13-32(14-21-59)9-10-33-6-4-8-41-46(33)58(3)50(68)63(41)42-11-12-44(65)57-49(42)67/h4,6,8,26-29,32,36,42,47,49,53-56,67H,5,7,11-25,30H2,1-3H3,(H,57,65)/b35-29+,53-28?,54-48?. The number of piperidine rings is 3. The number of imidazole rings is 1. The highest BCUT2D eigenvalue weighted by Crippen LogP contribution is 2.38. The number of amides is 3. The Bertz CT molecular complexity index is 2650. The van der Waals surface area contributed by atoms with Gasteiger partial charge in [-0.3, -0.25) is 28.9 Å². The van der Waals surface area contributed by atoms with E-state index < -0.39 is 18.7 Å². The molecule has 2 unspecified atom stereocenters. The molecule has 2 aromatic carbocycles. The summed E-state index contributed by atoms with van der Waals surface area (Å²) in [6.45, 7) is 6.24. The molecular weight excluding hydrogens is 873 g/mol. The number of carbonyl (C=O) groups excluding carboxylic acids is 3. The smallest absolute Gasteiger partial charge is 0.329 e. The molecular formula is C50H63F2N11O5. The van der Waals surface area contributed by atoms with E-state index in [0.29, 0.717) is 98.3 Å². The van der Waals surface area contributed by atoms with Crippen LogP contribution in [0.2, 0.25) is 0 Å². The van der Waals surface area contributed by atoms with Crippen LogP contribution in [0.15, 0.2) is 52.6 Å². The van der Waals surface area contributed by atoms with E-state index in [1.54, 1.807) is 39.1 Å². The van der Waals surface area contributed by atoms with Gasteiger partial charge in [0.15, 0.2) is 0 Å². The maximum absolute atomic E-state index is 14.6. The van der Waals surface area contributed by atoms with Crippen molar-refractivity contribution in [3.63, 3.8) is 0 Å². The summed E-state index contributed by atoms with van der Waals surface area (Å²) in [5.74, 6) is 6.93. The molecule has 68 heavy (non-hydrogen) atoms. The number of alkyl halides is 2. The maximum Gasteiger partial charge on any atom is 0.329 e. The fraction of sp³-hybridized carbons (Fsp3) is 0.520. The monoisotopic (exact) mass is 935 g/mol. The van der Waals surface area contributed by atoms with Crippen LogP contribution in [0.3, 0.4) is 0 Å². The van der Waals surface area contributed by atoms with Crippen LogP contribution >= 0.6 is 0 Å². The number of nitrogens with zero attached hydrogens (tertiary/aromatic N) is 6. The van der Waals surface area contributed by atoms with Crippen LogP contribution < -0.4 is 26.5 Å². The lowest BCUT2D eigenvalue weighted by Gasteiger charge is -2.39. The second-order valence-corrected chi connectivity index (χ2v) is 18.6. The van der Waals surface area contributed by atoms with Gasteiger partial charge in [0.25, 0.3) is 6.43 Å². The molecule has 6 N–H and O–H groups in total. The number of fused-ring (bicyclic) bond motifs is 2. The number of allylic oxidation sites excluding steroid dienone is 1. The van der Waals surface area contributed by atoms with Crippen LogP contribution in [0.1, 0.15) is 99.4 Å². The topological polar surface area (TPSA) is 195 Å². The first-order valence-electron chi connectivity index (χ1n) is 23.9. The number of carbonyl (C=O) groups is 3. The van der Waals surface area contributed by atoms with Crippen molar-refractivity contribution in [3.05, 3.63) is 80.5 Å². The molecule has 3 aromatic rings. The van der Waals surface area contributed by atoms with Gasteiger partial charge in [0, 0.05) is 125 Å². The van der Waals surface area contributed by atoms with Gasteiger partial charge in [-0.1, -0.05) is 17.9 Å². The van der Waals surface area contributed by atoms with Gasteiger partial charge in [0.1, 0.15) is 12.1 Å². The molecule has 362 valence electrons. The summed E-state index contributed by atoms with van der Waals surface area (Å²) in [5, 5.41) is 37.1. The van der Waals surface area contributed by atoms with Gasteiger partial charge in [0.2, 0.25) is 17.7 Å².